The predicted octanol–water partition coefficient (Wildman–Crippen LogP) is 1.81. The van der Waals surface area contributed by atoms with Crippen LogP contribution in [0.4, 0.5) is 0 Å². The van der Waals surface area contributed by atoms with Gasteiger partial charge in [0.25, 0.3) is 0 Å². The molecule has 1 unspecified atom stereocenters. The Morgan fingerprint density at radius 1 is 1.33 bits per heavy atom. The molecule has 1 atom stereocenters. The van der Waals surface area contributed by atoms with Gasteiger partial charge in [0.2, 0.25) is 0 Å². The van der Waals surface area contributed by atoms with Gasteiger partial charge in [0.15, 0.2) is 0 Å². The van der Waals surface area contributed by atoms with E-state index in [2.05, 4.69) is 16.5 Å². The molecule has 1 saturated carbocycles. The Labute approximate surface area is 98.2 Å². The van der Waals surface area contributed by atoms with Gasteiger partial charge < -0.3 is 5.32 Å². The maximum Gasteiger partial charge on any atom is 0.00968 e. The fourth-order valence-corrected chi connectivity index (χ4v) is 2.90. The van der Waals surface area contributed by atoms with Gasteiger partial charge in [-0.15, -0.1) is 0 Å². The second-order valence-electron chi connectivity index (χ2n) is 4.93. The van der Waals surface area contributed by atoms with Gasteiger partial charge in [0, 0.05) is 24.9 Å². The van der Waals surface area contributed by atoms with Gasteiger partial charge in [-0.25, -0.2) is 0 Å². The first-order valence-corrected chi connectivity index (χ1v) is 7.73. The minimum atomic E-state index is 0.918. The molecule has 2 nitrogen and oxygen atoms in total. The molecule has 2 aliphatic rings. The number of nitrogens with zero attached hydrogens (tertiary/aromatic N) is 1. The highest BCUT2D eigenvalue weighted by molar-refractivity contribution is 7.98. The Hall–Kier alpha value is 0.270. The largest absolute Gasteiger partial charge is 0.316 e. The Kier molecular flexibility index (Phi) is 4.79. The molecular formula is C12H24N2S. The van der Waals surface area contributed by atoms with Crippen LogP contribution >= 0.6 is 11.8 Å². The molecule has 1 saturated heterocycles. The lowest BCUT2D eigenvalue weighted by Gasteiger charge is -2.30. The van der Waals surface area contributed by atoms with E-state index in [0.29, 0.717) is 0 Å². The summed E-state index contributed by atoms with van der Waals surface area (Å²) in [5, 5.41) is 3.52. The van der Waals surface area contributed by atoms with Gasteiger partial charge in [0.1, 0.15) is 0 Å². The Balaban J connectivity index is 1.72. The van der Waals surface area contributed by atoms with Crippen LogP contribution in [-0.2, 0) is 0 Å². The molecular weight excluding hydrogens is 204 g/mol. The number of thioether (sulfide) groups is 1. The third kappa shape index (κ3) is 3.97. The molecule has 0 aromatic rings. The standard InChI is InChI=1S/C12H24N2S/c1-15-8-7-14(12-4-5-12)10-11-3-2-6-13-9-11/h11-13H,2-10H2,1H3. The van der Waals surface area contributed by atoms with Crippen molar-refractivity contribution < 1.29 is 0 Å². The van der Waals surface area contributed by atoms with Gasteiger partial charge in [-0.2, -0.15) is 11.8 Å². The van der Waals surface area contributed by atoms with Crippen LogP contribution < -0.4 is 5.32 Å². The molecule has 0 spiro atoms. The second kappa shape index (κ2) is 6.12. The van der Waals surface area contributed by atoms with Gasteiger partial charge in [-0.1, -0.05) is 0 Å². The number of hydrogen-bond acceptors (Lipinski definition) is 3. The van der Waals surface area contributed by atoms with Crippen molar-refractivity contribution in [3.05, 3.63) is 0 Å². The molecule has 0 amide bonds. The Morgan fingerprint density at radius 2 is 2.20 bits per heavy atom. The fraction of sp³-hybridized carbons (Fsp3) is 1.00. The molecule has 88 valence electrons. The summed E-state index contributed by atoms with van der Waals surface area (Å²) in [5.74, 6) is 2.22. The van der Waals surface area contributed by atoms with Crippen LogP contribution in [0, 0.1) is 5.92 Å². The van der Waals surface area contributed by atoms with Gasteiger partial charge in [-0.3, -0.25) is 4.90 Å². The minimum Gasteiger partial charge on any atom is -0.316 e. The number of rotatable bonds is 6. The summed E-state index contributed by atoms with van der Waals surface area (Å²) in [5.41, 5.74) is 0. The zero-order valence-corrected chi connectivity index (χ0v) is 10.7. The van der Waals surface area contributed by atoms with Crippen LogP contribution in [0.25, 0.3) is 0 Å². The normalized spacial score (nSPS) is 27.2. The third-order valence-electron chi connectivity index (χ3n) is 3.54. The first kappa shape index (κ1) is 11.7. The molecule has 0 bridgehead atoms. The molecule has 0 aromatic carbocycles. The summed E-state index contributed by atoms with van der Waals surface area (Å²) in [7, 11) is 0. The Bertz CT molecular complexity index is 176. The first-order valence-electron chi connectivity index (χ1n) is 6.34. The molecule has 2 rings (SSSR count). The maximum atomic E-state index is 3.52. The predicted molar refractivity (Wildman–Crippen MR) is 68.6 cm³/mol. The molecule has 1 N–H and O–H groups in total. The van der Waals surface area contributed by atoms with Crippen LogP contribution in [0.1, 0.15) is 25.7 Å². The lowest BCUT2D eigenvalue weighted by atomic mass is 9.99. The highest BCUT2D eigenvalue weighted by Crippen LogP contribution is 2.28. The van der Waals surface area contributed by atoms with Crippen molar-refractivity contribution in [2.24, 2.45) is 5.92 Å². The maximum absolute atomic E-state index is 3.52. The van der Waals surface area contributed by atoms with Crippen LogP contribution in [0.15, 0.2) is 0 Å². The fourth-order valence-electron chi connectivity index (χ4n) is 2.48. The molecule has 15 heavy (non-hydrogen) atoms. The van der Waals surface area contributed by atoms with E-state index < -0.39 is 0 Å². The van der Waals surface area contributed by atoms with Crippen LogP contribution in [-0.4, -0.2) is 49.1 Å². The summed E-state index contributed by atoms with van der Waals surface area (Å²) < 4.78 is 0. The van der Waals surface area contributed by atoms with E-state index in [4.69, 9.17) is 0 Å². The molecule has 0 radical (unpaired) electrons. The van der Waals surface area contributed by atoms with E-state index in [0.717, 1.165) is 12.0 Å². The molecule has 1 aliphatic carbocycles. The average Bonchev–Trinajstić information content (AvgIpc) is 3.09. The van der Waals surface area contributed by atoms with Crippen molar-refractivity contribution >= 4 is 11.8 Å². The zero-order chi connectivity index (χ0) is 10.5. The van der Waals surface area contributed by atoms with E-state index in [-0.39, 0.29) is 0 Å². The third-order valence-corrected chi connectivity index (χ3v) is 4.13. The highest BCUT2D eigenvalue weighted by atomic mass is 32.2. The molecule has 1 heterocycles. The van der Waals surface area contributed by atoms with Crippen molar-refractivity contribution in [2.45, 2.75) is 31.7 Å². The summed E-state index contributed by atoms with van der Waals surface area (Å²) in [6.07, 6.45) is 7.94. The van der Waals surface area contributed by atoms with Gasteiger partial charge in [0.05, 0.1) is 0 Å². The monoisotopic (exact) mass is 228 g/mol. The summed E-state index contributed by atoms with van der Waals surface area (Å²) in [4.78, 5) is 2.74. The van der Waals surface area contributed by atoms with Gasteiger partial charge >= 0.3 is 0 Å². The summed E-state index contributed by atoms with van der Waals surface area (Å²) in [6.45, 7) is 5.15. The van der Waals surface area contributed by atoms with E-state index in [9.17, 15) is 0 Å². The van der Waals surface area contributed by atoms with Crippen molar-refractivity contribution in [3.8, 4) is 0 Å². The zero-order valence-electron chi connectivity index (χ0n) is 9.87. The highest BCUT2D eigenvalue weighted by Gasteiger charge is 2.30. The van der Waals surface area contributed by atoms with Crippen LogP contribution in [0.2, 0.25) is 0 Å². The van der Waals surface area contributed by atoms with Gasteiger partial charge in [-0.05, 0) is 50.9 Å². The van der Waals surface area contributed by atoms with Crippen molar-refractivity contribution in [2.75, 3.05) is 38.2 Å². The lowest BCUT2D eigenvalue weighted by Crippen LogP contribution is -2.40. The molecule has 2 fully saturated rings. The van der Waals surface area contributed by atoms with E-state index in [1.165, 1.54) is 57.6 Å². The van der Waals surface area contributed by atoms with Crippen molar-refractivity contribution in [3.63, 3.8) is 0 Å². The van der Waals surface area contributed by atoms with E-state index >= 15 is 0 Å². The Morgan fingerprint density at radius 3 is 2.80 bits per heavy atom. The van der Waals surface area contributed by atoms with E-state index in [1.54, 1.807) is 0 Å². The molecule has 1 aliphatic heterocycles. The van der Waals surface area contributed by atoms with Crippen molar-refractivity contribution in [1.82, 2.24) is 10.2 Å². The lowest BCUT2D eigenvalue weighted by molar-refractivity contribution is 0.210. The SMILES string of the molecule is CSCCN(CC1CCCNC1)C1CC1. The molecule has 3 heteroatoms. The smallest absolute Gasteiger partial charge is 0.00968 e. The van der Waals surface area contributed by atoms with Crippen LogP contribution in [0.3, 0.4) is 0 Å². The molecule has 0 aromatic heterocycles. The number of nitrogens with one attached hydrogen (secondary N) is 1. The summed E-state index contributed by atoms with van der Waals surface area (Å²) >= 11 is 1.98. The number of hydrogen-bond donors (Lipinski definition) is 1. The summed E-state index contributed by atoms with van der Waals surface area (Å²) in [6, 6.07) is 0.944. The first-order chi connectivity index (χ1) is 7.40. The topological polar surface area (TPSA) is 15.3 Å². The van der Waals surface area contributed by atoms with E-state index in [1.807, 2.05) is 11.8 Å². The van der Waals surface area contributed by atoms with Crippen molar-refractivity contribution in [1.29, 1.82) is 0 Å². The second-order valence-corrected chi connectivity index (χ2v) is 5.92. The van der Waals surface area contributed by atoms with Crippen LogP contribution in [0.5, 0.6) is 0 Å². The number of piperidine rings is 1. The minimum absolute atomic E-state index is 0.918. The quantitative estimate of drug-likeness (QED) is 0.746. The average molecular weight is 228 g/mol.